The smallest absolute Gasteiger partial charge is 0.236 e. The lowest BCUT2D eigenvalue weighted by Crippen LogP contribution is -2.36. The minimum absolute atomic E-state index is 0.0983. The van der Waals surface area contributed by atoms with Crippen molar-refractivity contribution in [3.8, 4) is 0 Å². The van der Waals surface area contributed by atoms with Gasteiger partial charge in [0.05, 0.1) is 19.0 Å². The second-order valence-electron chi connectivity index (χ2n) is 3.09. The van der Waals surface area contributed by atoms with E-state index in [0.29, 0.717) is 0 Å². The first-order valence-corrected chi connectivity index (χ1v) is 6.93. The van der Waals surface area contributed by atoms with Gasteiger partial charge < -0.3 is 4.74 Å². The summed E-state index contributed by atoms with van der Waals surface area (Å²) in [7, 11) is 1.66. The van der Waals surface area contributed by atoms with E-state index in [9.17, 15) is 8.42 Å². The minimum Gasteiger partial charge on any atom is -0.379 e. The molecule has 0 spiro atoms. The van der Waals surface area contributed by atoms with E-state index in [4.69, 9.17) is 15.4 Å². The van der Waals surface area contributed by atoms with Gasteiger partial charge in [0.25, 0.3) is 0 Å². The molecule has 1 aliphatic rings. The third-order valence-corrected chi connectivity index (χ3v) is 2.90. The second kappa shape index (κ2) is 5.70. The maximum Gasteiger partial charge on any atom is 0.236 e. The van der Waals surface area contributed by atoms with Gasteiger partial charge in [-0.3, -0.25) is 4.90 Å². The highest BCUT2D eigenvalue weighted by Gasteiger charge is 2.07. The summed E-state index contributed by atoms with van der Waals surface area (Å²) in [6.07, 6.45) is 3.41. The molecule has 1 aliphatic heterocycles. The molecule has 0 atom stereocenters. The van der Waals surface area contributed by atoms with E-state index in [2.05, 4.69) is 4.90 Å². The largest absolute Gasteiger partial charge is 0.379 e. The predicted molar refractivity (Wildman–Crippen MR) is 56.0 cm³/mol. The molecule has 0 aromatic heterocycles. The molecule has 0 aromatic carbocycles. The number of morpholine rings is 1. The Morgan fingerprint density at radius 2 is 1.93 bits per heavy atom. The van der Waals surface area contributed by atoms with Gasteiger partial charge in [0.1, 0.15) is 0 Å². The van der Waals surface area contributed by atoms with Crippen LogP contribution in [0.15, 0.2) is 12.2 Å². The van der Waals surface area contributed by atoms with Crippen molar-refractivity contribution < 1.29 is 13.2 Å². The SMILES string of the molecule is O=S(=O)(Cl)C/C=C\CN1CCOCC1. The summed E-state index contributed by atoms with van der Waals surface area (Å²) in [5.41, 5.74) is 0. The normalized spacial score (nSPS) is 20.4. The van der Waals surface area contributed by atoms with E-state index in [1.165, 1.54) is 0 Å². The fourth-order valence-electron chi connectivity index (χ4n) is 1.19. The molecule has 1 heterocycles. The van der Waals surface area contributed by atoms with E-state index < -0.39 is 9.05 Å². The summed E-state index contributed by atoms with van der Waals surface area (Å²) in [4.78, 5) is 2.20. The van der Waals surface area contributed by atoms with Gasteiger partial charge in [0.2, 0.25) is 9.05 Å². The van der Waals surface area contributed by atoms with Gasteiger partial charge in [-0.1, -0.05) is 12.2 Å². The van der Waals surface area contributed by atoms with Gasteiger partial charge in [0, 0.05) is 30.3 Å². The summed E-state index contributed by atoms with van der Waals surface area (Å²) >= 11 is 0. The van der Waals surface area contributed by atoms with Crippen molar-refractivity contribution in [2.45, 2.75) is 0 Å². The molecular formula is C8H14ClNO3S. The molecule has 0 aliphatic carbocycles. The van der Waals surface area contributed by atoms with Crippen LogP contribution in [0, 0.1) is 0 Å². The zero-order valence-electron chi connectivity index (χ0n) is 7.86. The first-order valence-electron chi connectivity index (χ1n) is 4.45. The lowest BCUT2D eigenvalue weighted by molar-refractivity contribution is 0.0434. The molecular weight excluding hydrogens is 226 g/mol. The maximum atomic E-state index is 10.6. The lowest BCUT2D eigenvalue weighted by atomic mass is 10.4. The molecule has 0 aromatic rings. The van der Waals surface area contributed by atoms with Crippen molar-refractivity contribution in [2.24, 2.45) is 0 Å². The quantitative estimate of drug-likeness (QED) is 0.528. The highest BCUT2D eigenvalue weighted by molar-refractivity contribution is 8.13. The van der Waals surface area contributed by atoms with E-state index in [0.717, 1.165) is 32.8 Å². The summed E-state index contributed by atoms with van der Waals surface area (Å²) in [6.45, 7) is 4.06. The number of halogens is 1. The first-order chi connectivity index (χ1) is 6.58. The average Bonchev–Trinajstić information content (AvgIpc) is 2.13. The molecule has 0 amide bonds. The standard InChI is InChI=1S/C8H14ClNO3S/c9-14(11,12)8-2-1-3-10-4-6-13-7-5-10/h1-2H,3-8H2/b2-1-. The van der Waals surface area contributed by atoms with Crippen LogP contribution in [-0.4, -0.2) is 51.9 Å². The van der Waals surface area contributed by atoms with Gasteiger partial charge in [0.15, 0.2) is 0 Å². The molecule has 6 heteroatoms. The van der Waals surface area contributed by atoms with Gasteiger partial charge in [-0.05, 0) is 0 Å². The molecule has 0 bridgehead atoms. The summed E-state index contributed by atoms with van der Waals surface area (Å²) in [5, 5.41) is 0. The molecule has 0 radical (unpaired) electrons. The van der Waals surface area contributed by atoms with Crippen LogP contribution < -0.4 is 0 Å². The van der Waals surface area contributed by atoms with E-state index >= 15 is 0 Å². The van der Waals surface area contributed by atoms with Crippen molar-refractivity contribution in [1.29, 1.82) is 0 Å². The van der Waals surface area contributed by atoms with E-state index in [1.807, 2.05) is 6.08 Å². The van der Waals surface area contributed by atoms with Gasteiger partial charge in [-0.25, -0.2) is 8.42 Å². The predicted octanol–water partition coefficient (Wildman–Crippen LogP) is 0.443. The zero-order valence-corrected chi connectivity index (χ0v) is 9.43. The van der Waals surface area contributed by atoms with E-state index in [1.54, 1.807) is 6.08 Å². The number of rotatable bonds is 4. The van der Waals surface area contributed by atoms with Crippen LogP contribution in [0.5, 0.6) is 0 Å². The highest BCUT2D eigenvalue weighted by Crippen LogP contribution is 1.98. The molecule has 1 fully saturated rings. The number of ether oxygens (including phenoxy) is 1. The molecule has 0 N–H and O–H groups in total. The molecule has 4 nitrogen and oxygen atoms in total. The summed E-state index contributed by atoms with van der Waals surface area (Å²) < 4.78 is 26.3. The van der Waals surface area contributed by atoms with Gasteiger partial charge in [-0.15, -0.1) is 0 Å². The molecule has 82 valence electrons. The third kappa shape index (κ3) is 5.59. The van der Waals surface area contributed by atoms with Crippen molar-refractivity contribution in [2.75, 3.05) is 38.6 Å². The van der Waals surface area contributed by atoms with Crippen LogP contribution in [0.25, 0.3) is 0 Å². The maximum absolute atomic E-state index is 10.6. The Labute approximate surface area is 88.9 Å². The molecule has 0 saturated carbocycles. The zero-order chi connectivity index (χ0) is 10.4. The Kier molecular flexibility index (Phi) is 4.88. The monoisotopic (exact) mass is 239 g/mol. The first kappa shape index (κ1) is 12.0. The van der Waals surface area contributed by atoms with E-state index in [-0.39, 0.29) is 5.75 Å². The number of hydrogen-bond donors (Lipinski definition) is 0. The van der Waals surface area contributed by atoms with Crippen LogP contribution >= 0.6 is 10.7 Å². The molecule has 1 rings (SSSR count). The third-order valence-electron chi connectivity index (χ3n) is 1.93. The summed E-state index contributed by atoms with van der Waals surface area (Å²) in [5.74, 6) is -0.0983. The van der Waals surface area contributed by atoms with Crippen LogP contribution in [0.3, 0.4) is 0 Å². The Morgan fingerprint density at radius 1 is 1.29 bits per heavy atom. The Hall–Kier alpha value is -0.100. The number of nitrogens with zero attached hydrogens (tertiary/aromatic N) is 1. The van der Waals surface area contributed by atoms with Crippen LogP contribution in [-0.2, 0) is 13.8 Å². The minimum atomic E-state index is -3.38. The van der Waals surface area contributed by atoms with Crippen LogP contribution in [0.1, 0.15) is 0 Å². The molecule has 14 heavy (non-hydrogen) atoms. The lowest BCUT2D eigenvalue weighted by Gasteiger charge is -2.25. The Balaban J connectivity index is 2.19. The van der Waals surface area contributed by atoms with Crippen molar-refractivity contribution in [3.63, 3.8) is 0 Å². The van der Waals surface area contributed by atoms with Crippen molar-refractivity contribution >= 4 is 19.7 Å². The average molecular weight is 240 g/mol. The number of hydrogen-bond acceptors (Lipinski definition) is 4. The second-order valence-corrected chi connectivity index (χ2v) is 5.91. The van der Waals surface area contributed by atoms with Gasteiger partial charge >= 0.3 is 0 Å². The van der Waals surface area contributed by atoms with Crippen LogP contribution in [0.2, 0.25) is 0 Å². The Morgan fingerprint density at radius 3 is 2.50 bits per heavy atom. The highest BCUT2D eigenvalue weighted by atomic mass is 35.7. The topological polar surface area (TPSA) is 46.6 Å². The van der Waals surface area contributed by atoms with Crippen molar-refractivity contribution in [1.82, 2.24) is 4.90 Å². The van der Waals surface area contributed by atoms with Crippen LogP contribution in [0.4, 0.5) is 0 Å². The Bertz CT molecular complexity index is 283. The van der Waals surface area contributed by atoms with Crippen molar-refractivity contribution in [3.05, 3.63) is 12.2 Å². The fourth-order valence-corrected chi connectivity index (χ4v) is 1.77. The molecule has 0 unspecified atom stereocenters. The summed E-state index contributed by atoms with van der Waals surface area (Å²) in [6, 6.07) is 0. The fraction of sp³-hybridized carbons (Fsp3) is 0.750. The molecule has 1 saturated heterocycles. The van der Waals surface area contributed by atoms with Gasteiger partial charge in [-0.2, -0.15) is 0 Å².